The van der Waals surface area contributed by atoms with Crippen molar-refractivity contribution in [2.45, 2.75) is 19.3 Å². The Hall–Kier alpha value is -2.80. The van der Waals surface area contributed by atoms with Crippen LogP contribution >= 0.6 is 11.3 Å². The molecule has 3 N–H and O–H groups in total. The number of fused-ring (bicyclic) bond motifs is 4. The van der Waals surface area contributed by atoms with E-state index in [1.54, 1.807) is 17.4 Å². The molecule has 0 spiro atoms. The summed E-state index contributed by atoms with van der Waals surface area (Å²) in [5, 5.41) is 25.8. The van der Waals surface area contributed by atoms with Crippen molar-refractivity contribution < 1.29 is 13.5 Å². The lowest BCUT2D eigenvalue weighted by Gasteiger charge is -2.29. The number of rotatable bonds is 5. The summed E-state index contributed by atoms with van der Waals surface area (Å²) < 4.78 is 27.9. The number of aromatic nitrogens is 4. The van der Waals surface area contributed by atoms with Crippen LogP contribution in [0.1, 0.15) is 28.1 Å². The third kappa shape index (κ3) is 3.17. The molecule has 0 amide bonds. The van der Waals surface area contributed by atoms with Crippen molar-refractivity contribution in [3.8, 4) is 0 Å². The van der Waals surface area contributed by atoms with E-state index in [-0.39, 0.29) is 6.54 Å². The van der Waals surface area contributed by atoms with Gasteiger partial charge in [0.2, 0.25) is 10.0 Å². The average Bonchev–Trinajstić information content (AvgIpc) is 3.39. The molecule has 1 atom stereocenters. The highest BCUT2D eigenvalue weighted by atomic mass is 32.2. The molecular weight excluding hydrogens is 426 g/mol. The second-order valence-electron chi connectivity index (χ2n) is 7.18. The third-order valence-electron chi connectivity index (χ3n) is 5.11. The molecule has 0 bridgehead atoms. The molecule has 156 valence electrons. The molecule has 1 unspecified atom stereocenters. The summed E-state index contributed by atoms with van der Waals surface area (Å²) in [4.78, 5) is 4.55. The Morgan fingerprint density at radius 1 is 1.37 bits per heavy atom. The number of sulfonamides is 1. The molecule has 0 fully saturated rings. The molecule has 10 nitrogen and oxygen atoms in total. The lowest BCUT2D eigenvalue weighted by atomic mass is 10.1. The van der Waals surface area contributed by atoms with Crippen molar-refractivity contribution in [1.82, 2.24) is 29.5 Å². The van der Waals surface area contributed by atoms with Crippen molar-refractivity contribution >= 4 is 48.8 Å². The van der Waals surface area contributed by atoms with Gasteiger partial charge in [0, 0.05) is 18.0 Å². The quantitative estimate of drug-likeness (QED) is 0.426. The molecule has 1 aliphatic rings. The van der Waals surface area contributed by atoms with Crippen LogP contribution in [0, 0.1) is 0 Å². The number of aliphatic hydroxyl groups is 1. The second kappa shape index (κ2) is 6.87. The maximum Gasteiger partial charge on any atom is 0.209 e. The highest BCUT2D eigenvalue weighted by Gasteiger charge is 2.30. The van der Waals surface area contributed by atoms with Crippen LogP contribution in [-0.4, -0.2) is 50.8 Å². The first-order chi connectivity index (χ1) is 14.3. The van der Waals surface area contributed by atoms with E-state index in [1.165, 1.54) is 11.3 Å². The molecule has 5 rings (SSSR count). The predicted octanol–water partition coefficient (Wildman–Crippen LogP) is 1.40. The van der Waals surface area contributed by atoms with E-state index in [9.17, 15) is 13.5 Å². The fourth-order valence-electron chi connectivity index (χ4n) is 3.68. The van der Waals surface area contributed by atoms with Gasteiger partial charge >= 0.3 is 0 Å². The number of nitrogens with zero attached hydrogens (tertiary/aromatic N) is 5. The maximum atomic E-state index is 11.3. The molecule has 3 aromatic heterocycles. The zero-order chi connectivity index (χ0) is 21.0. The van der Waals surface area contributed by atoms with Gasteiger partial charge in [-0.05, 0) is 11.6 Å². The zero-order valence-corrected chi connectivity index (χ0v) is 17.8. The fraction of sp³-hybridized carbons (Fsp3) is 0.278. The molecule has 12 heteroatoms. The Bertz CT molecular complexity index is 1400. The van der Waals surface area contributed by atoms with Gasteiger partial charge in [0.15, 0.2) is 11.9 Å². The van der Waals surface area contributed by atoms with E-state index in [2.05, 4.69) is 25.0 Å². The van der Waals surface area contributed by atoms with E-state index in [0.29, 0.717) is 22.9 Å². The van der Waals surface area contributed by atoms with Gasteiger partial charge in [-0.1, -0.05) is 12.1 Å². The Labute approximate surface area is 175 Å². The summed E-state index contributed by atoms with van der Waals surface area (Å²) in [6.07, 6.45) is 3.68. The van der Waals surface area contributed by atoms with Gasteiger partial charge in [0.1, 0.15) is 5.01 Å². The minimum atomic E-state index is -3.30. The number of hydrogen-bond acceptors (Lipinski definition) is 8. The number of nitrogens with one attached hydrogen (secondary N) is 2. The first kappa shape index (κ1) is 19.2. The fourth-order valence-corrected chi connectivity index (χ4v) is 5.22. The summed E-state index contributed by atoms with van der Waals surface area (Å²) in [5.41, 5.74) is 4.15. The van der Waals surface area contributed by atoms with Crippen LogP contribution in [0.5, 0.6) is 0 Å². The van der Waals surface area contributed by atoms with E-state index in [0.717, 1.165) is 33.0 Å². The monoisotopic (exact) mass is 445 g/mol. The Kier molecular flexibility index (Phi) is 4.39. The molecular formula is C18H19N7O3S2. The number of hydrazone groups is 1. The van der Waals surface area contributed by atoms with Gasteiger partial charge in [-0.25, -0.2) is 18.1 Å². The van der Waals surface area contributed by atoms with Crippen molar-refractivity contribution in [2.24, 2.45) is 12.1 Å². The highest BCUT2D eigenvalue weighted by Crippen LogP contribution is 2.37. The number of benzene rings is 1. The van der Waals surface area contributed by atoms with Crippen molar-refractivity contribution in [1.29, 1.82) is 0 Å². The SMILES string of the molecule is Cn1c2c(c3sc(CNS(C)(=O)=O)nc31)C=NN(Cc1cccc3[nH]ncc13)C2O. The summed E-state index contributed by atoms with van der Waals surface area (Å²) in [7, 11) is -1.46. The van der Waals surface area contributed by atoms with Crippen molar-refractivity contribution in [3.05, 3.63) is 46.2 Å². The summed E-state index contributed by atoms with van der Waals surface area (Å²) in [6, 6.07) is 5.88. The molecule has 0 aliphatic carbocycles. The minimum absolute atomic E-state index is 0.132. The lowest BCUT2D eigenvalue weighted by molar-refractivity contribution is -0.00973. The van der Waals surface area contributed by atoms with Gasteiger partial charge < -0.3 is 9.67 Å². The van der Waals surface area contributed by atoms with Crippen LogP contribution in [0.4, 0.5) is 0 Å². The number of H-pyrrole nitrogens is 1. The van der Waals surface area contributed by atoms with Crippen LogP contribution in [0.15, 0.2) is 29.5 Å². The first-order valence-electron chi connectivity index (χ1n) is 9.14. The smallest absolute Gasteiger partial charge is 0.209 e. The maximum absolute atomic E-state index is 11.3. The molecule has 0 saturated carbocycles. The minimum Gasteiger partial charge on any atom is -0.367 e. The van der Waals surface area contributed by atoms with E-state index >= 15 is 0 Å². The van der Waals surface area contributed by atoms with E-state index in [4.69, 9.17) is 0 Å². The Balaban J connectivity index is 1.47. The van der Waals surface area contributed by atoms with E-state index in [1.807, 2.05) is 29.8 Å². The van der Waals surface area contributed by atoms with Crippen LogP contribution in [0.3, 0.4) is 0 Å². The topological polar surface area (TPSA) is 128 Å². The molecule has 30 heavy (non-hydrogen) atoms. The molecule has 0 radical (unpaired) electrons. The number of hydrogen-bond donors (Lipinski definition) is 3. The lowest BCUT2D eigenvalue weighted by Crippen LogP contribution is -2.29. The average molecular weight is 446 g/mol. The van der Waals surface area contributed by atoms with Crippen LogP contribution in [0.2, 0.25) is 0 Å². The summed E-state index contributed by atoms with van der Waals surface area (Å²) >= 11 is 1.39. The van der Waals surface area contributed by atoms with Gasteiger partial charge in [0.05, 0.1) is 47.7 Å². The van der Waals surface area contributed by atoms with Gasteiger partial charge in [0.25, 0.3) is 0 Å². The number of thiazole rings is 1. The molecule has 0 saturated heterocycles. The molecule has 4 aromatic rings. The highest BCUT2D eigenvalue weighted by molar-refractivity contribution is 7.88. The predicted molar refractivity (Wildman–Crippen MR) is 114 cm³/mol. The van der Waals surface area contributed by atoms with Crippen LogP contribution in [0.25, 0.3) is 21.3 Å². The van der Waals surface area contributed by atoms with Gasteiger partial charge in [-0.2, -0.15) is 10.2 Å². The Morgan fingerprint density at radius 3 is 3.00 bits per heavy atom. The number of aromatic amines is 1. The summed E-state index contributed by atoms with van der Waals surface area (Å²) in [5.74, 6) is 0. The van der Waals surface area contributed by atoms with Crippen molar-refractivity contribution in [3.63, 3.8) is 0 Å². The van der Waals surface area contributed by atoms with Crippen molar-refractivity contribution in [2.75, 3.05) is 6.26 Å². The normalized spacial score (nSPS) is 16.6. The largest absolute Gasteiger partial charge is 0.367 e. The molecule has 1 aliphatic heterocycles. The third-order valence-corrected chi connectivity index (χ3v) is 6.85. The second-order valence-corrected chi connectivity index (χ2v) is 10.1. The zero-order valence-electron chi connectivity index (χ0n) is 16.2. The first-order valence-corrected chi connectivity index (χ1v) is 11.8. The van der Waals surface area contributed by atoms with Gasteiger partial charge in [-0.3, -0.25) is 10.1 Å². The molecule has 4 heterocycles. The Morgan fingerprint density at radius 2 is 2.20 bits per heavy atom. The van der Waals surface area contributed by atoms with Gasteiger partial charge in [-0.15, -0.1) is 11.3 Å². The van der Waals surface area contributed by atoms with E-state index < -0.39 is 16.3 Å². The molecule has 1 aromatic carbocycles. The standard InChI is InChI=1S/C18H19N7O3S2/c1-24-15-12(16-17(24)22-14(29-16)8-21-30(2,27)28)7-20-25(18(15)26)9-10-4-3-5-13-11(10)6-19-23-13/h3-7,18,21,26H,8-9H2,1-2H3,(H,19,23). The van der Waals surface area contributed by atoms with Crippen LogP contribution < -0.4 is 4.72 Å². The number of aryl methyl sites for hydroxylation is 1. The number of aliphatic hydroxyl groups excluding tert-OH is 1. The summed E-state index contributed by atoms with van der Waals surface area (Å²) in [6.45, 7) is 0.553. The van der Waals surface area contributed by atoms with Crippen LogP contribution in [-0.2, 0) is 30.2 Å².